The highest BCUT2D eigenvalue weighted by molar-refractivity contribution is 6.79. The Morgan fingerprint density at radius 1 is 1.35 bits per heavy atom. The predicted octanol–water partition coefficient (Wildman–Crippen LogP) is 2.66. The van der Waals surface area contributed by atoms with Gasteiger partial charge in [0.2, 0.25) is 0 Å². The Labute approximate surface area is 102 Å². The van der Waals surface area contributed by atoms with E-state index < -0.39 is 31.9 Å². The maximum Gasteiger partial charge on any atom is 0.389 e. The zero-order valence-corrected chi connectivity index (χ0v) is 11.6. The third-order valence-electron chi connectivity index (χ3n) is 3.53. The molecule has 0 amide bonds. The molecule has 0 aromatic rings. The molecule has 1 fully saturated rings. The lowest BCUT2D eigenvalue weighted by atomic mass is 10.1. The summed E-state index contributed by atoms with van der Waals surface area (Å²) in [6, 6.07) is 0. The summed E-state index contributed by atoms with van der Waals surface area (Å²) < 4.78 is 36.8. The number of likely N-dealkylation sites (tertiary alicyclic amines) is 1. The molecule has 1 rings (SSSR count). The molecule has 0 spiro atoms. The fourth-order valence-electron chi connectivity index (χ4n) is 2.14. The van der Waals surface area contributed by atoms with Gasteiger partial charge in [-0.15, -0.1) is 0 Å². The maximum atomic E-state index is 12.3. The Hall–Kier alpha value is -0.0731. The molecule has 1 N–H and O–H groups in total. The van der Waals surface area contributed by atoms with E-state index in [0.29, 0.717) is 19.5 Å². The van der Waals surface area contributed by atoms with E-state index in [0.717, 1.165) is 0 Å². The normalized spacial score (nSPS) is 27.2. The molecule has 101 valence electrons. The van der Waals surface area contributed by atoms with Crippen molar-refractivity contribution in [2.75, 3.05) is 13.1 Å². The molecule has 0 aromatic heterocycles. The molecule has 2 nitrogen and oxygen atoms in total. The molecule has 1 radical (unpaired) electrons. The summed E-state index contributed by atoms with van der Waals surface area (Å²) in [5, 5.41) is 9.19. The zero-order chi connectivity index (χ0) is 13.5. The van der Waals surface area contributed by atoms with Crippen molar-refractivity contribution in [3.8, 4) is 0 Å². The number of aliphatic hydroxyl groups is 1. The summed E-state index contributed by atoms with van der Waals surface area (Å²) in [5.74, 6) is -0.403. The van der Waals surface area contributed by atoms with E-state index in [2.05, 4.69) is 6.92 Å². The van der Waals surface area contributed by atoms with Crippen molar-refractivity contribution in [2.24, 2.45) is 5.92 Å². The molecule has 1 heterocycles. The monoisotopic (exact) mass is 268 g/mol. The molecular weight excluding hydrogens is 247 g/mol. The number of rotatable bonds is 3. The average Bonchev–Trinajstić information content (AvgIpc) is 2.47. The van der Waals surface area contributed by atoms with Crippen molar-refractivity contribution < 1.29 is 18.3 Å². The Balaban J connectivity index is 2.62. The smallest absolute Gasteiger partial charge is 0.379 e. The van der Waals surface area contributed by atoms with Crippen molar-refractivity contribution in [1.82, 2.24) is 4.90 Å². The van der Waals surface area contributed by atoms with E-state index >= 15 is 0 Å². The second kappa shape index (κ2) is 4.55. The summed E-state index contributed by atoms with van der Waals surface area (Å²) in [7, 11) is -1.95. The van der Waals surface area contributed by atoms with Crippen LogP contribution in [0.1, 0.15) is 12.8 Å². The van der Waals surface area contributed by atoms with E-state index in [9.17, 15) is 18.3 Å². The van der Waals surface area contributed by atoms with E-state index in [-0.39, 0.29) is 0 Å². The molecule has 1 saturated heterocycles. The highest BCUT2D eigenvalue weighted by Crippen LogP contribution is 2.35. The van der Waals surface area contributed by atoms with Crippen LogP contribution in [0.5, 0.6) is 0 Å². The minimum atomic E-state index is -4.11. The van der Waals surface area contributed by atoms with Gasteiger partial charge in [0.15, 0.2) is 0 Å². The lowest BCUT2D eigenvalue weighted by Gasteiger charge is -2.43. The predicted molar refractivity (Wildman–Crippen MR) is 64.0 cm³/mol. The van der Waals surface area contributed by atoms with Gasteiger partial charge in [0.1, 0.15) is 13.4 Å². The molecule has 0 aliphatic carbocycles. The van der Waals surface area contributed by atoms with Gasteiger partial charge in [-0.25, -0.2) is 0 Å². The van der Waals surface area contributed by atoms with Crippen molar-refractivity contribution in [2.45, 2.75) is 44.0 Å². The first-order valence-electron chi connectivity index (χ1n) is 5.83. The van der Waals surface area contributed by atoms with Gasteiger partial charge in [-0.2, -0.15) is 13.2 Å². The molecule has 1 aliphatic heterocycles. The second-order valence-electron chi connectivity index (χ2n) is 5.99. The van der Waals surface area contributed by atoms with Crippen LogP contribution in [0.2, 0.25) is 19.6 Å². The van der Waals surface area contributed by atoms with Crippen LogP contribution in [0.4, 0.5) is 13.2 Å². The van der Waals surface area contributed by atoms with Crippen LogP contribution in [0.25, 0.3) is 0 Å². The third-order valence-corrected chi connectivity index (χ3v) is 6.25. The van der Waals surface area contributed by atoms with E-state index in [1.807, 2.05) is 19.6 Å². The first-order chi connectivity index (χ1) is 7.43. The van der Waals surface area contributed by atoms with Gasteiger partial charge in [0, 0.05) is 19.5 Å². The highest BCUT2D eigenvalue weighted by atomic mass is 28.3. The van der Waals surface area contributed by atoms with Crippen molar-refractivity contribution >= 4 is 8.07 Å². The van der Waals surface area contributed by atoms with E-state index in [1.165, 1.54) is 0 Å². The standard InChI is InChI=1S/C11H21F3NOSi/c1-10(16,17(2,3)4)15-6-5-9(8-15)7-11(12,13)14/h9,16H,1,5-8H2,2-4H3. The van der Waals surface area contributed by atoms with Crippen LogP contribution in [0.3, 0.4) is 0 Å². The Bertz CT molecular complexity index is 273. The summed E-state index contributed by atoms with van der Waals surface area (Å²) in [4.78, 5) is 1.72. The third kappa shape index (κ3) is 3.69. The summed E-state index contributed by atoms with van der Waals surface area (Å²) in [5.41, 5.74) is 0. The van der Waals surface area contributed by atoms with Crippen LogP contribution in [-0.4, -0.2) is 42.7 Å². The van der Waals surface area contributed by atoms with Gasteiger partial charge in [-0.1, -0.05) is 19.6 Å². The molecule has 6 heteroatoms. The first-order valence-corrected chi connectivity index (χ1v) is 9.33. The summed E-state index contributed by atoms with van der Waals surface area (Å²) >= 11 is 0. The number of halogens is 3. The summed E-state index contributed by atoms with van der Waals surface area (Å²) in [6.45, 7) is 10.5. The number of hydrogen-bond acceptors (Lipinski definition) is 2. The van der Waals surface area contributed by atoms with Crippen molar-refractivity contribution in [3.63, 3.8) is 0 Å². The van der Waals surface area contributed by atoms with Gasteiger partial charge in [-0.05, 0) is 19.3 Å². The average molecular weight is 268 g/mol. The fourth-order valence-corrected chi connectivity index (χ4v) is 3.29. The van der Waals surface area contributed by atoms with Gasteiger partial charge in [0.25, 0.3) is 0 Å². The number of alkyl halides is 3. The molecule has 0 aromatic carbocycles. The van der Waals surface area contributed by atoms with Gasteiger partial charge in [-0.3, -0.25) is 4.90 Å². The highest BCUT2D eigenvalue weighted by Gasteiger charge is 2.46. The zero-order valence-electron chi connectivity index (χ0n) is 10.6. The minimum Gasteiger partial charge on any atom is -0.379 e. The lowest BCUT2D eigenvalue weighted by molar-refractivity contribution is -0.144. The SMILES string of the molecule is [CH2]C(O)(N1CCC(CC(F)(F)F)C1)[Si](C)(C)C. The van der Waals surface area contributed by atoms with Crippen molar-refractivity contribution in [3.05, 3.63) is 6.92 Å². The molecule has 0 saturated carbocycles. The first kappa shape index (κ1) is 15.0. The van der Waals surface area contributed by atoms with Crippen LogP contribution in [-0.2, 0) is 0 Å². The molecule has 2 unspecified atom stereocenters. The van der Waals surface area contributed by atoms with Crippen molar-refractivity contribution in [1.29, 1.82) is 0 Å². The van der Waals surface area contributed by atoms with Gasteiger partial charge < -0.3 is 5.11 Å². The molecule has 2 atom stereocenters. The van der Waals surface area contributed by atoms with Gasteiger partial charge >= 0.3 is 6.18 Å². The Morgan fingerprint density at radius 2 is 1.88 bits per heavy atom. The maximum absolute atomic E-state index is 12.3. The van der Waals surface area contributed by atoms with E-state index in [4.69, 9.17) is 0 Å². The number of hydrogen-bond donors (Lipinski definition) is 1. The molecule has 1 aliphatic rings. The molecule has 0 bridgehead atoms. The quantitative estimate of drug-likeness (QED) is 0.795. The van der Waals surface area contributed by atoms with E-state index in [1.54, 1.807) is 4.90 Å². The summed E-state index contributed by atoms with van der Waals surface area (Å²) in [6.07, 6.45) is -4.38. The Morgan fingerprint density at radius 3 is 2.29 bits per heavy atom. The van der Waals surface area contributed by atoms with Crippen LogP contribution >= 0.6 is 0 Å². The van der Waals surface area contributed by atoms with Crippen LogP contribution in [0.15, 0.2) is 0 Å². The van der Waals surface area contributed by atoms with Crippen LogP contribution in [0, 0.1) is 12.8 Å². The lowest BCUT2D eigenvalue weighted by Crippen LogP contribution is -2.61. The minimum absolute atomic E-state index is 0.295. The van der Waals surface area contributed by atoms with Crippen LogP contribution < -0.4 is 0 Å². The molecular formula is C11H21F3NOSi. The second-order valence-corrected chi connectivity index (χ2v) is 11.3. The Kier molecular flexibility index (Phi) is 4.01. The largest absolute Gasteiger partial charge is 0.389 e. The number of nitrogens with zero attached hydrogens (tertiary/aromatic N) is 1. The van der Waals surface area contributed by atoms with Gasteiger partial charge in [0.05, 0.1) is 0 Å². The molecule has 17 heavy (non-hydrogen) atoms. The topological polar surface area (TPSA) is 23.5 Å². The fraction of sp³-hybridized carbons (Fsp3) is 0.909.